The van der Waals surface area contributed by atoms with Gasteiger partial charge in [0.25, 0.3) is 0 Å². The molecular weight excluding hydrogens is 198 g/mol. The van der Waals surface area contributed by atoms with Crippen LogP contribution in [-0.2, 0) is 11.2 Å². The second-order valence-electron chi connectivity index (χ2n) is 4.28. The van der Waals surface area contributed by atoms with Gasteiger partial charge in [-0.3, -0.25) is 4.79 Å². The molecule has 0 aliphatic heterocycles. The molecule has 0 heterocycles. The number of benzene rings is 1. The van der Waals surface area contributed by atoms with Gasteiger partial charge in [-0.2, -0.15) is 0 Å². The van der Waals surface area contributed by atoms with Crippen molar-refractivity contribution >= 4 is 5.91 Å². The minimum absolute atomic E-state index is 0.160. The maximum atomic E-state index is 11.3. The van der Waals surface area contributed by atoms with E-state index in [9.17, 15) is 4.79 Å². The number of hydrogen-bond donors (Lipinski definition) is 1. The minimum atomic E-state index is 0.160. The Balaban J connectivity index is 2.40. The predicted molar refractivity (Wildman–Crippen MR) is 67.5 cm³/mol. The first-order chi connectivity index (χ1) is 7.63. The molecule has 0 bridgehead atoms. The van der Waals surface area contributed by atoms with E-state index < -0.39 is 0 Å². The Morgan fingerprint density at radius 3 is 2.69 bits per heavy atom. The molecule has 1 rings (SSSR count). The number of amides is 1. The molecule has 1 amide bonds. The summed E-state index contributed by atoms with van der Waals surface area (Å²) >= 11 is 0. The van der Waals surface area contributed by atoms with E-state index in [1.807, 2.05) is 6.92 Å². The number of aryl methyl sites for hydroxylation is 2. The second-order valence-corrected chi connectivity index (χ2v) is 4.28. The molecule has 2 heteroatoms. The van der Waals surface area contributed by atoms with Crippen molar-refractivity contribution in [1.82, 2.24) is 5.32 Å². The number of hydrogen-bond acceptors (Lipinski definition) is 1. The molecule has 1 N–H and O–H groups in total. The van der Waals surface area contributed by atoms with Crippen molar-refractivity contribution in [2.45, 2.75) is 40.0 Å². The molecule has 0 aliphatic rings. The molecule has 0 spiro atoms. The summed E-state index contributed by atoms with van der Waals surface area (Å²) in [7, 11) is 0. The van der Waals surface area contributed by atoms with E-state index in [2.05, 4.69) is 37.4 Å². The fourth-order valence-electron chi connectivity index (χ4n) is 1.78. The number of carbonyl (C=O) groups is 1. The molecule has 1 aromatic rings. The Kier molecular flexibility index (Phi) is 5.03. The van der Waals surface area contributed by atoms with Gasteiger partial charge in [-0.05, 0) is 37.8 Å². The highest BCUT2D eigenvalue weighted by atomic mass is 16.1. The van der Waals surface area contributed by atoms with Gasteiger partial charge in [-0.15, -0.1) is 0 Å². The van der Waals surface area contributed by atoms with Gasteiger partial charge in [0.2, 0.25) is 5.91 Å². The van der Waals surface area contributed by atoms with Gasteiger partial charge in [-0.1, -0.05) is 30.7 Å². The van der Waals surface area contributed by atoms with Gasteiger partial charge in [-0.25, -0.2) is 0 Å². The van der Waals surface area contributed by atoms with Crippen molar-refractivity contribution in [3.05, 3.63) is 34.9 Å². The fraction of sp³-hybridized carbons (Fsp3) is 0.500. The van der Waals surface area contributed by atoms with Gasteiger partial charge >= 0.3 is 0 Å². The highest BCUT2D eigenvalue weighted by Gasteiger charge is 2.01. The SMILES string of the molecule is CCCC(=O)NCCc1ccc(C)cc1C. The third kappa shape index (κ3) is 4.05. The average molecular weight is 219 g/mol. The monoisotopic (exact) mass is 219 g/mol. The van der Waals surface area contributed by atoms with Crippen LogP contribution in [0, 0.1) is 13.8 Å². The standard InChI is InChI=1S/C14H21NO/c1-4-5-14(16)15-9-8-13-7-6-11(2)10-12(13)3/h6-7,10H,4-5,8-9H2,1-3H3,(H,15,16). The Morgan fingerprint density at radius 1 is 1.31 bits per heavy atom. The number of carbonyl (C=O) groups excluding carboxylic acids is 1. The molecule has 0 aliphatic carbocycles. The Labute approximate surface area is 98.1 Å². The molecule has 2 nitrogen and oxygen atoms in total. The van der Waals surface area contributed by atoms with Crippen LogP contribution in [0.15, 0.2) is 18.2 Å². The van der Waals surface area contributed by atoms with E-state index in [0.717, 1.165) is 19.4 Å². The van der Waals surface area contributed by atoms with Crippen LogP contribution in [-0.4, -0.2) is 12.5 Å². The number of nitrogens with one attached hydrogen (secondary N) is 1. The molecule has 0 atom stereocenters. The zero-order valence-corrected chi connectivity index (χ0v) is 10.5. The first-order valence-electron chi connectivity index (χ1n) is 5.96. The molecular formula is C14H21NO. The maximum Gasteiger partial charge on any atom is 0.219 e. The van der Waals surface area contributed by atoms with Crippen LogP contribution in [0.4, 0.5) is 0 Å². The van der Waals surface area contributed by atoms with Crippen LogP contribution in [0.25, 0.3) is 0 Å². The van der Waals surface area contributed by atoms with E-state index in [1.54, 1.807) is 0 Å². The van der Waals surface area contributed by atoms with Crippen molar-refractivity contribution in [1.29, 1.82) is 0 Å². The van der Waals surface area contributed by atoms with Crippen molar-refractivity contribution in [2.75, 3.05) is 6.54 Å². The molecule has 0 unspecified atom stereocenters. The van der Waals surface area contributed by atoms with Gasteiger partial charge in [0.15, 0.2) is 0 Å². The van der Waals surface area contributed by atoms with Gasteiger partial charge in [0.05, 0.1) is 0 Å². The first-order valence-corrected chi connectivity index (χ1v) is 5.96. The lowest BCUT2D eigenvalue weighted by molar-refractivity contribution is -0.121. The van der Waals surface area contributed by atoms with E-state index in [4.69, 9.17) is 0 Å². The molecule has 0 saturated carbocycles. The summed E-state index contributed by atoms with van der Waals surface area (Å²) in [6, 6.07) is 6.45. The third-order valence-corrected chi connectivity index (χ3v) is 2.69. The Bertz CT molecular complexity index is 358. The van der Waals surface area contributed by atoms with Crippen LogP contribution in [0.2, 0.25) is 0 Å². The highest BCUT2D eigenvalue weighted by Crippen LogP contribution is 2.10. The summed E-state index contributed by atoms with van der Waals surface area (Å²) in [6.45, 7) is 6.97. The lowest BCUT2D eigenvalue weighted by Gasteiger charge is -2.08. The van der Waals surface area contributed by atoms with Crippen molar-refractivity contribution < 1.29 is 4.79 Å². The molecule has 0 radical (unpaired) electrons. The quantitative estimate of drug-likeness (QED) is 0.810. The van der Waals surface area contributed by atoms with Gasteiger partial charge in [0, 0.05) is 13.0 Å². The molecule has 1 aromatic carbocycles. The van der Waals surface area contributed by atoms with Crippen LogP contribution < -0.4 is 5.32 Å². The maximum absolute atomic E-state index is 11.3. The number of rotatable bonds is 5. The van der Waals surface area contributed by atoms with Crippen LogP contribution >= 0.6 is 0 Å². The van der Waals surface area contributed by atoms with E-state index in [-0.39, 0.29) is 5.91 Å². The highest BCUT2D eigenvalue weighted by molar-refractivity contribution is 5.75. The van der Waals surface area contributed by atoms with E-state index in [1.165, 1.54) is 16.7 Å². The molecule has 16 heavy (non-hydrogen) atoms. The lowest BCUT2D eigenvalue weighted by Crippen LogP contribution is -2.25. The predicted octanol–water partition coefficient (Wildman–Crippen LogP) is 2.76. The molecule has 0 saturated heterocycles. The summed E-state index contributed by atoms with van der Waals surface area (Å²) in [4.78, 5) is 11.3. The van der Waals surface area contributed by atoms with Crippen molar-refractivity contribution in [3.63, 3.8) is 0 Å². The van der Waals surface area contributed by atoms with Gasteiger partial charge in [0.1, 0.15) is 0 Å². The first kappa shape index (κ1) is 12.8. The third-order valence-electron chi connectivity index (χ3n) is 2.69. The summed E-state index contributed by atoms with van der Waals surface area (Å²) < 4.78 is 0. The fourth-order valence-corrected chi connectivity index (χ4v) is 1.78. The van der Waals surface area contributed by atoms with Crippen LogP contribution in [0.1, 0.15) is 36.5 Å². The minimum Gasteiger partial charge on any atom is -0.356 e. The summed E-state index contributed by atoms with van der Waals surface area (Å²) in [6.07, 6.45) is 2.46. The van der Waals surface area contributed by atoms with E-state index >= 15 is 0 Å². The van der Waals surface area contributed by atoms with Gasteiger partial charge < -0.3 is 5.32 Å². The van der Waals surface area contributed by atoms with Crippen LogP contribution in [0.3, 0.4) is 0 Å². The Hall–Kier alpha value is -1.31. The van der Waals surface area contributed by atoms with E-state index in [0.29, 0.717) is 6.42 Å². The average Bonchev–Trinajstić information content (AvgIpc) is 2.22. The Morgan fingerprint density at radius 2 is 2.06 bits per heavy atom. The molecule has 88 valence electrons. The zero-order valence-electron chi connectivity index (χ0n) is 10.5. The molecule has 0 aromatic heterocycles. The zero-order chi connectivity index (χ0) is 12.0. The largest absolute Gasteiger partial charge is 0.356 e. The normalized spacial score (nSPS) is 10.2. The smallest absolute Gasteiger partial charge is 0.219 e. The van der Waals surface area contributed by atoms with Crippen LogP contribution in [0.5, 0.6) is 0 Å². The van der Waals surface area contributed by atoms with Crippen molar-refractivity contribution in [3.8, 4) is 0 Å². The summed E-state index contributed by atoms with van der Waals surface area (Å²) in [5, 5.41) is 2.93. The summed E-state index contributed by atoms with van der Waals surface area (Å²) in [5.41, 5.74) is 3.92. The van der Waals surface area contributed by atoms with Crippen molar-refractivity contribution in [2.24, 2.45) is 0 Å². The molecule has 0 fully saturated rings. The summed E-state index contributed by atoms with van der Waals surface area (Å²) in [5.74, 6) is 0.160. The lowest BCUT2D eigenvalue weighted by atomic mass is 10.0. The second kappa shape index (κ2) is 6.31. The topological polar surface area (TPSA) is 29.1 Å².